The lowest BCUT2D eigenvalue weighted by Gasteiger charge is -2.26. The van der Waals surface area contributed by atoms with Gasteiger partial charge >= 0.3 is 0 Å². The average molecular weight is 453 g/mol. The Hall–Kier alpha value is -3.77. The first-order valence-corrected chi connectivity index (χ1v) is 11.8. The van der Waals surface area contributed by atoms with E-state index in [1.807, 2.05) is 42.5 Å². The Morgan fingerprint density at radius 3 is 2.06 bits per heavy atom. The summed E-state index contributed by atoms with van der Waals surface area (Å²) in [4.78, 5) is 15.1. The van der Waals surface area contributed by atoms with Gasteiger partial charge in [-0.25, -0.2) is 0 Å². The van der Waals surface area contributed by atoms with Crippen LogP contribution in [0.1, 0.15) is 40.7 Å². The fourth-order valence-corrected chi connectivity index (χ4v) is 4.22. The van der Waals surface area contributed by atoms with Crippen molar-refractivity contribution in [3.63, 3.8) is 0 Å². The molecule has 34 heavy (non-hydrogen) atoms. The second kappa shape index (κ2) is 10.4. The van der Waals surface area contributed by atoms with Crippen LogP contribution in [0.15, 0.2) is 83.3 Å². The number of likely N-dealkylation sites (tertiary alicyclic amines) is 1. The van der Waals surface area contributed by atoms with E-state index in [4.69, 9.17) is 4.42 Å². The Balaban J connectivity index is 1.15. The third kappa shape index (κ3) is 5.41. The molecule has 0 aliphatic carbocycles. The summed E-state index contributed by atoms with van der Waals surface area (Å²) >= 11 is 0. The highest BCUT2D eigenvalue weighted by Gasteiger charge is 2.12. The van der Waals surface area contributed by atoms with Gasteiger partial charge in [0.15, 0.2) is 0 Å². The van der Waals surface area contributed by atoms with Gasteiger partial charge in [0.1, 0.15) is 0 Å². The van der Waals surface area contributed by atoms with Crippen molar-refractivity contribution in [3.8, 4) is 22.9 Å². The van der Waals surface area contributed by atoms with Crippen molar-refractivity contribution in [2.75, 3.05) is 13.1 Å². The van der Waals surface area contributed by atoms with E-state index >= 15 is 0 Å². The summed E-state index contributed by atoms with van der Waals surface area (Å²) in [6.45, 7) is 3.88. The lowest BCUT2D eigenvalue weighted by molar-refractivity contribution is 0.0951. The molecule has 3 aromatic carbocycles. The van der Waals surface area contributed by atoms with Gasteiger partial charge in [0.05, 0.1) is 0 Å². The monoisotopic (exact) mass is 452 g/mol. The van der Waals surface area contributed by atoms with Gasteiger partial charge in [0.2, 0.25) is 11.8 Å². The molecule has 0 radical (unpaired) electrons. The van der Waals surface area contributed by atoms with Gasteiger partial charge in [-0.1, -0.05) is 48.9 Å². The van der Waals surface area contributed by atoms with Crippen LogP contribution in [0.25, 0.3) is 22.9 Å². The van der Waals surface area contributed by atoms with Crippen LogP contribution < -0.4 is 5.32 Å². The van der Waals surface area contributed by atoms with Crippen LogP contribution in [-0.2, 0) is 13.1 Å². The van der Waals surface area contributed by atoms with Crippen LogP contribution in [-0.4, -0.2) is 34.1 Å². The Bertz CT molecular complexity index is 1210. The number of nitrogens with one attached hydrogen (secondary N) is 1. The zero-order valence-electron chi connectivity index (χ0n) is 19.1. The van der Waals surface area contributed by atoms with Crippen molar-refractivity contribution in [3.05, 3.63) is 95.6 Å². The molecule has 1 aliphatic rings. The van der Waals surface area contributed by atoms with Crippen LogP contribution in [0.5, 0.6) is 0 Å². The van der Waals surface area contributed by atoms with Crippen LogP contribution in [0, 0.1) is 0 Å². The van der Waals surface area contributed by atoms with E-state index in [2.05, 4.69) is 44.7 Å². The highest BCUT2D eigenvalue weighted by Crippen LogP contribution is 2.24. The van der Waals surface area contributed by atoms with E-state index in [1.165, 1.54) is 37.9 Å². The number of hydrogen-bond acceptors (Lipinski definition) is 5. The van der Waals surface area contributed by atoms with Gasteiger partial charge in [-0.15, -0.1) is 10.2 Å². The maximum absolute atomic E-state index is 12.6. The molecule has 1 aliphatic heterocycles. The van der Waals surface area contributed by atoms with E-state index in [1.54, 1.807) is 12.1 Å². The Morgan fingerprint density at radius 2 is 1.38 bits per heavy atom. The number of carbonyl (C=O) groups excluding carboxylic acids is 1. The van der Waals surface area contributed by atoms with E-state index < -0.39 is 0 Å². The van der Waals surface area contributed by atoms with Crippen molar-refractivity contribution in [1.82, 2.24) is 20.4 Å². The summed E-state index contributed by atoms with van der Waals surface area (Å²) in [7, 11) is 0. The van der Waals surface area contributed by atoms with E-state index in [0.717, 1.165) is 23.2 Å². The molecule has 1 N–H and O–H groups in total. The number of rotatable bonds is 7. The molecule has 2 heterocycles. The summed E-state index contributed by atoms with van der Waals surface area (Å²) in [6.07, 6.45) is 3.95. The summed E-state index contributed by atoms with van der Waals surface area (Å²) in [5, 5.41) is 11.3. The number of aromatic nitrogens is 2. The van der Waals surface area contributed by atoms with Gasteiger partial charge < -0.3 is 9.73 Å². The van der Waals surface area contributed by atoms with E-state index in [9.17, 15) is 4.79 Å². The van der Waals surface area contributed by atoms with Gasteiger partial charge in [-0.2, -0.15) is 0 Å². The molecule has 0 saturated carbocycles. The molecule has 0 spiro atoms. The Labute approximate surface area is 199 Å². The van der Waals surface area contributed by atoms with Crippen LogP contribution >= 0.6 is 0 Å². The van der Waals surface area contributed by atoms with E-state index in [-0.39, 0.29) is 5.91 Å². The van der Waals surface area contributed by atoms with Gasteiger partial charge in [-0.3, -0.25) is 9.69 Å². The van der Waals surface area contributed by atoms with Crippen molar-refractivity contribution in [2.45, 2.75) is 32.4 Å². The lowest BCUT2D eigenvalue weighted by atomic mass is 10.1. The van der Waals surface area contributed by atoms with Crippen molar-refractivity contribution in [1.29, 1.82) is 0 Å². The van der Waals surface area contributed by atoms with Gasteiger partial charge in [-0.05, 0) is 73.5 Å². The normalized spacial score (nSPS) is 14.1. The first-order valence-electron chi connectivity index (χ1n) is 11.8. The largest absolute Gasteiger partial charge is 0.416 e. The molecule has 172 valence electrons. The van der Waals surface area contributed by atoms with Crippen molar-refractivity contribution in [2.24, 2.45) is 0 Å². The standard InChI is InChI=1S/C28H28N4O2/c33-26(29-19-21-9-11-22(12-10-21)20-32-17-5-2-6-18-32)23-13-15-25(16-14-23)28-31-30-27(34-28)24-7-3-1-4-8-24/h1,3-4,7-16H,2,5-6,17-20H2,(H,29,33). The highest BCUT2D eigenvalue weighted by molar-refractivity contribution is 5.94. The molecule has 0 atom stereocenters. The SMILES string of the molecule is O=C(NCc1ccc(CN2CCCCC2)cc1)c1ccc(-c2nnc(-c3ccccc3)o2)cc1. The fraction of sp³-hybridized carbons (Fsp3) is 0.250. The summed E-state index contributed by atoms with van der Waals surface area (Å²) in [6, 6.07) is 25.4. The fourth-order valence-electron chi connectivity index (χ4n) is 4.22. The smallest absolute Gasteiger partial charge is 0.251 e. The first-order chi connectivity index (χ1) is 16.7. The number of benzene rings is 3. The average Bonchev–Trinajstić information content (AvgIpc) is 3.40. The predicted octanol–water partition coefficient (Wildman–Crippen LogP) is 5.32. The van der Waals surface area contributed by atoms with Crippen molar-refractivity contribution >= 4 is 5.91 Å². The molecular weight excluding hydrogens is 424 g/mol. The summed E-state index contributed by atoms with van der Waals surface area (Å²) < 4.78 is 5.79. The van der Waals surface area contributed by atoms with Crippen LogP contribution in [0.4, 0.5) is 0 Å². The predicted molar refractivity (Wildman–Crippen MR) is 132 cm³/mol. The number of amides is 1. The highest BCUT2D eigenvalue weighted by atomic mass is 16.4. The molecular formula is C28H28N4O2. The minimum absolute atomic E-state index is 0.112. The van der Waals surface area contributed by atoms with Crippen LogP contribution in [0.2, 0.25) is 0 Å². The Kier molecular flexibility index (Phi) is 6.77. The third-order valence-electron chi connectivity index (χ3n) is 6.17. The zero-order chi connectivity index (χ0) is 23.2. The minimum Gasteiger partial charge on any atom is -0.416 e. The molecule has 1 aromatic heterocycles. The third-order valence-corrected chi connectivity index (χ3v) is 6.17. The number of carbonyl (C=O) groups is 1. The van der Waals surface area contributed by atoms with Crippen LogP contribution in [0.3, 0.4) is 0 Å². The molecule has 4 aromatic rings. The number of piperidine rings is 1. The lowest BCUT2D eigenvalue weighted by Crippen LogP contribution is -2.29. The second-order valence-electron chi connectivity index (χ2n) is 8.69. The van der Waals surface area contributed by atoms with Crippen molar-refractivity contribution < 1.29 is 9.21 Å². The second-order valence-corrected chi connectivity index (χ2v) is 8.69. The molecule has 5 rings (SSSR count). The van der Waals surface area contributed by atoms with Gasteiger partial charge in [0.25, 0.3) is 5.91 Å². The minimum atomic E-state index is -0.112. The molecule has 6 nitrogen and oxygen atoms in total. The zero-order valence-corrected chi connectivity index (χ0v) is 19.1. The Morgan fingerprint density at radius 1 is 0.765 bits per heavy atom. The van der Waals surface area contributed by atoms with E-state index in [0.29, 0.717) is 23.9 Å². The first kappa shape index (κ1) is 22.0. The maximum atomic E-state index is 12.6. The molecule has 1 amide bonds. The molecule has 1 fully saturated rings. The quantitative estimate of drug-likeness (QED) is 0.411. The molecule has 6 heteroatoms. The van der Waals surface area contributed by atoms with Gasteiger partial charge in [0, 0.05) is 29.8 Å². The maximum Gasteiger partial charge on any atom is 0.251 e. The summed E-state index contributed by atoms with van der Waals surface area (Å²) in [5.41, 5.74) is 4.65. The molecule has 1 saturated heterocycles. The molecule has 0 bridgehead atoms. The number of nitrogens with zero attached hydrogens (tertiary/aromatic N) is 3. The topological polar surface area (TPSA) is 71.3 Å². The summed E-state index contributed by atoms with van der Waals surface area (Å²) in [5.74, 6) is 0.786. The molecule has 0 unspecified atom stereocenters. The number of hydrogen-bond donors (Lipinski definition) is 1.